The van der Waals surface area contributed by atoms with E-state index in [4.69, 9.17) is 11.6 Å². The van der Waals surface area contributed by atoms with E-state index in [-0.39, 0.29) is 0 Å². The molecule has 1 aromatic carbocycles. The van der Waals surface area contributed by atoms with E-state index in [1.807, 2.05) is 6.08 Å². The molecule has 98 valence electrons. The summed E-state index contributed by atoms with van der Waals surface area (Å²) in [6.07, 6.45) is 3.17. The average Bonchev–Trinajstić information content (AvgIpc) is 2.45. The minimum Gasteiger partial charge on any atom is -0.300 e. The third-order valence-electron chi connectivity index (χ3n) is 3.48. The van der Waals surface area contributed by atoms with Crippen molar-refractivity contribution in [3.05, 3.63) is 47.5 Å². The normalized spacial score (nSPS) is 18.5. The first-order chi connectivity index (χ1) is 8.88. The Morgan fingerprint density at radius 3 is 2.33 bits per heavy atom. The van der Waals surface area contributed by atoms with Crippen LogP contribution < -0.4 is 0 Å². The van der Waals surface area contributed by atoms with Gasteiger partial charge in [0.15, 0.2) is 0 Å². The van der Waals surface area contributed by atoms with Gasteiger partial charge in [0.25, 0.3) is 0 Å². The molecule has 1 aliphatic rings. The van der Waals surface area contributed by atoms with E-state index in [1.54, 1.807) is 5.54 Å². The van der Waals surface area contributed by atoms with Gasteiger partial charge in [-0.2, -0.15) is 0 Å². The Bertz CT molecular complexity index is 356. The largest absolute Gasteiger partial charge is 0.300 e. The van der Waals surface area contributed by atoms with Crippen LogP contribution >= 0.6 is 11.6 Å². The van der Waals surface area contributed by atoms with E-state index < -0.39 is 0 Å². The molecule has 1 heterocycles. The lowest BCUT2D eigenvalue weighted by molar-refractivity contribution is 0.144. The number of hydrogen-bond donors (Lipinski definition) is 0. The highest BCUT2D eigenvalue weighted by Gasteiger charge is 2.15. The van der Waals surface area contributed by atoms with Gasteiger partial charge < -0.3 is 4.90 Å². The number of benzene rings is 1. The van der Waals surface area contributed by atoms with Crippen molar-refractivity contribution in [3.8, 4) is 0 Å². The summed E-state index contributed by atoms with van der Waals surface area (Å²) in [6.45, 7) is 6.79. The molecule has 1 saturated heterocycles. The number of rotatable bonds is 5. The smallest absolute Gasteiger partial charge is 0.0175 e. The third-order valence-corrected chi connectivity index (χ3v) is 3.66. The van der Waals surface area contributed by atoms with E-state index in [2.05, 4.69) is 40.1 Å². The topological polar surface area (TPSA) is 6.48 Å². The van der Waals surface area contributed by atoms with Crippen molar-refractivity contribution in [2.75, 3.05) is 39.3 Å². The Hall–Kier alpha value is -0.830. The van der Waals surface area contributed by atoms with Crippen molar-refractivity contribution in [2.24, 2.45) is 0 Å². The molecule has 1 aromatic rings. The second kappa shape index (κ2) is 7.57. The molecule has 0 N–H and O–H groups in total. The molecule has 0 radical (unpaired) electrons. The van der Waals surface area contributed by atoms with Crippen molar-refractivity contribution in [2.45, 2.75) is 6.42 Å². The highest BCUT2D eigenvalue weighted by atomic mass is 35.5. The average molecular weight is 265 g/mol. The van der Waals surface area contributed by atoms with E-state index in [0.717, 1.165) is 26.1 Å². The summed E-state index contributed by atoms with van der Waals surface area (Å²) in [5.41, 5.74) is 3.05. The van der Waals surface area contributed by atoms with E-state index >= 15 is 0 Å². The summed E-state index contributed by atoms with van der Waals surface area (Å²) in [5, 5.41) is 0. The minimum absolute atomic E-state index is 0.982. The van der Waals surface area contributed by atoms with E-state index in [1.165, 1.54) is 25.2 Å². The summed E-state index contributed by atoms with van der Waals surface area (Å²) in [6, 6.07) is 10.7. The van der Waals surface area contributed by atoms with Gasteiger partial charge in [0.05, 0.1) is 0 Å². The van der Waals surface area contributed by atoms with Gasteiger partial charge in [0.2, 0.25) is 0 Å². The van der Waals surface area contributed by atoms with Crippen molar-refractivity contribution < 1.29 is 0 Å². The molecule has 2 rings (SSSR count). The Labute approximate surface area is 115 Å². The van der Waals surface area contributed by atoms with Gasteiger partial charge in [-0.15, -0.1) is 0 Å². The number of nitrogens with zero attached hydrogens (tertiary/aromatic N) is 2. The Kier molecular flexibility index (Phi) is 5.72. The van der Waals surface area contributed by atoms with Gasteiger partial charge in [-0.25, -0.2) is 0 Å². The molecule has 0 spiro atoms. The zero-order chi connectivity index (χ0) is 12.6. The monoisotopic (exact) mass is 264 g/mol. The highest BCUT2D eigenvalue weighted by molar-refractivity contribution is 6.25. The first-order valence-corrected chi connectivity index (χ1v) is 7.06. The summed E-state index contributed by atoms with van der Waals surface area (Å²) in [5.74, 6) is 0. The standard InChI is InChI=1S/C15H21ClN2/c16-8-4-9-17-11-13-18(14-12-17)10-7-15-5-2-1-3-6-15/h1-6,8H,7,9-14H2/b8-4+. The maximum absolute atomic E-state index is 5.55. The van der Waals surface area contributed by atoms with Crippen LogP contribution in [0.1, 0.15) is 5.56 Å². The van der Waals surface area contributed by atoms with Crippen molar-refractivity contribution in [1.29, 1.82) is 0 Å². The Morgan fingerprint density at radius 2 is 1.67 bits per heavy atom. The zero-order valence-corrected chi connectivity index (χ0v) is 11.5. The lowest BCUT2D eigenvalue weighted by Crippen LogP contribution is -2.46. The van der Waals surface area contributed by atoms with Crippen LogP contribution in [0.4, 0.5) is 0 Å². The molecule has 1 aliphatic heterocycles. The second-order valence-corrected chi connectivity index (χ2v) is 4.99. The highest BCUT2D eigenvalue weighted by Crippen LogP contribution is 2.05. The lowest BCUT2D eigenvalue weighted by atomic mass is 10.1. The second-order valence-electron chi connectivity index (χ2n) is 4.74. The van der Waals surface area contributed by atoms with Crippen LogP contribution in [0.5, 0.6) is 0 Å². The lowest BCUT2D eigenvalue weighted by Gasteiger charge is -2.34. The third kappa shape index (κ3) is 4.45. The molecule has 0 atom stereocenters. The maximum atomic E-state index is 5.55. The van der Waals surface area contributed by atoms with Crippen LogP contribution in [0, 0.1) is 0 Å². The quantitative estimate of drug-likeness (QED) is 0.807. The first-order valence-electron chi connectivity index (χ1n) is 6.62. The van der Waals surface area contributed by atoms with Crippen molar-refractivity contribution in [3.63, 3.8) is 0 Å². The molecule has 0 aliphatic carbocycles. The van der Waals surface area contributed by atoms with Gasteiger partial charge in [-0.1, -0.05) is 48.0 Å². The molecule has 1 fully saturated rings. The van der Waals surface area contributed by atoms with Crippen LogP contribution in [0.2, 0.25) is 0 Å². The molecule has 18 heavy (non-hydrogen) atoms. The molecular weight excluding hydrogens is 244 g/mol. The van der Waals surface area contributed by atoms with Crippen LogP contribution in [0.15, 0.2) is 41.9 Å². The maximum Gasteiger partial charge on any atom is 0.0175 e. The Balaban J connectivity index is 1.67. The molecule has 0 aromatic heterocycles. The molecule has 0 bridgehead atoms. The summed E-state index contributed by atoms with van der Waals surface area (Å²) < 4.78 is 0. The molecule has 3 heteroatoms. The summed E-state index contributed by atoms with van der Waals surface area (Å²) >= 11 is 5.55. The fourth-order valence-corrected chi connectivity index (χ4v) is 2.40. The van der Waals surface area contributed by atoms with Gasteiger partial charge in [-0.3, -0.25) is 4.90 Å². The van der Waals surface area contributed by atoms with Crippen molar-refractivity contribution in [1.82, 2.24) is 9.80 Å². The first kappa shape index (κ1) is 13.6. The minimum atomic E-state index is 0.982. The van der Waals surface area contributed by atoms with Crippen LogP contribution in [-0.4, -0.2) is 49.1 Å². The van der Waals surface area contributed by atoms with Gasteiger partial charge in [0.1, 0.15) is 0 Å². The fourth-order valence-electron chi connectivity index (χ4n) is 2.32. The molecular formula is C15H21ClN2. The molecule has 0 saturated carbocycles. The van der Waals surface area contributed by atoms with E-state index in [0.29, 0.717) is 0 Å². The van der Waals surface area contributed by atoms with Gasteiger partial charge >= 0.3 is 0 Å². The summed E-state index contributed by atoms with van der Waals surface area (Å²) in [4.78, 5) is 4.99. The van der Waals surface area contributed by atoms with Crippen LogP contribution in [0.3, 0.4) is 0 Å². The fraction of sp³-hybridized carbons (Fsp3) is 0.467. The number of halogens is 1. The molecule has 0 amide bonds. The number of piperazine rings is 1. The van der Waals surface area contributed by atoms with Crippen molar-refractivity contribution >= 4 is 11.6 Å². The van der Waals surface area contributed by atoms with Gasteiger partial charge in [-0.05, 0) is 12.0 Å². The summed E-state index contributed by atoms with van der Waals surface area (Å²) in [7, 11) is 0. The Morgan fingerprint density at radius 1 is 1.00 bits per heavy atom. The predicted molar refractivity (Wildman–Crippen MR) is 78.0 cm³/mol. The van der Waals surface area contributed by atoms with Crippen LogP contribution in [0.25, 0.3) is 0 Å². The zero-order valence-electron chi connectivity index (χ0n) is 10.8. The molecule has 0 unspecified atom stereocenters. The van der Waals surface area contributed by atoms with E-state index in [9.17, 15) is 0 Å². The van der Waals surface area contributed by atoms with Gasteiger partial charge in [0, 0.05) is 44.8 Å². The predicted octanol–water partition coefficient (Wildman–Crippen LogP) is 2.60. The number of hydrogen-bond acceptors (Lipinski definition) is 2. The molecule has 2 nitrogen and oxygen atoms in total. The van der Waals surface area contributed by atoms with Crippen LogP contribution in [-0.2, 0) is 6.42 Å². The SMILES string of the molecule is Cl/C=C/CN1CCN(CCc2ccccc2)CC1.